The highest BCUT2D eigenvalue weighted by molar-refractivity contribution is 7.99. The predicted molar refractivity (Wildman–Crippen MR) is 91.4 cm³/mol. The molecule has 0 amide bonds. The minimum atomic E-state index is 0.317. The predicted octanol–water partition coefficient (Wildman–Crippen LogP) is 3.29. The summed E-state index contributed by atoms with van der Waals surface area (Å²) in [6, 6.07) is 2.92. The Kier molecular flexibility index (Phi) is 7.07. The summed E-state index contributed by atoms with van der Waals surface area (Å²) in [6.45, 7) is 4.39. The third-order valence-corrected chi connectivity index (χ3v) is 6.02. The maximum Gasteiger partial charge on any atom is 0.0641 e. The molecule has 0 radical (unpaired) electrons. The van der Waals surface area contributed by atoms with Crippen LogP contribution in [0.2, 0.25) is 0 Å². The largest absolute Gasteiger partial charge is 0.271 e. The van der Waals surface area contributed by atoms with Gasteiger partial charge in [-0.3, -0.25) is 16.0 Å². The summed E-state index contributed by atoms with van der Waals surface area (Å²) in [6.07, 6.45) is 11.1. The molecule has 0 bridgehead atoms. The fourth-order valence-electron chi connectivity index (χ4n) is 2.82. The van der Waals surface area contributed by atoms with Crippen molar-refractivity contribution >= 4 is 11.8 Å². The summed E-state index contributed by atoms with van der Waals surface area (Å²) >= 11 is 2.09. The summed E-state index contributed by atoms with van der Waals surface area (Å²) in [5.74, 6) is 6.81. The SMILES string of the molecule is CCC(C)n1ccc(CC(CSC2CCCCC2)NN)n1. The van der Waals surface area contributed by atoms with Gasteiger partial charge in [-0.05, 0) is 32.3 Å². The van der Waals surface area contributed by atoms with Crippen molar-refractivity contribution in [2.45, 2.75) is 76.1 Å². The second kappa shape index (κ2) is 8.81. The van der Waals surface area contributed by atoms with Crippen molar-refractivity contribution in [3.63, 3.8) is 0 Å². The van der Waals surface area contributed by atoms with Gasteiger partial charge in [-0.1, -0.05) is 26.2 Å². The van der Waals surface area contributed by atoms with Gasteiger partial charge in [0.15, 0.2) is 0 Å². The molecule has 1 aliphatic carbocycles. The summed E-state index contributed by atoms with van der Waals surface area (Å²) in [5, 5.41) is 5.52. The number of nitrogens with one attached hydrogen (secondary N) is 1. The summed E-state index contributed by atoms with van der Waals surface area (Å²) in [5.41, 5.74) is 4.11. The highest BCUT2D eigenvalue weighted by Crippen LogP contribution is 2.28. The van der Waals surface area contributed by atoms with E-state index in [0.29, 0.717) is 12.1 Å². The number of hydrogen-bond acceptors (Lipinski definition) is 4. The van der Waals surface area contributed by atoms with E-state index in [1.165, 1.54) is 32.1 Å². The molecule has 5 heteroatoms. The van der Waals surface area contributed by atoms with E-state index in [-0.39, 0.29) is 0 Å². The lowest BCUT2D eigenvalue weighted by molar-refractivity contribution is 0.468. The van der Waals surface area contributed by atoms with E-state index in [1.807, 2.05) is 0 Å². The first kappa shape index (κ1) is 16.8. The monoisotopic (exact) mass is 310 g/mol. The van der Waals surface area contributed by atoms with E-state index in [1.54, 1.807) is 0 Å². The smallest absolute Gasteiger partial charge is 0.0641 e. The zero-order valence-corrected chi connectivity index (χ0v) is 14.2. The molecule has 0 spiro atoms. The Morgan fingerprint density at radius 2 is 2.19 bits per heavy atom. The van der Waals surface area contributed by atoms with E-state index in [9.17, 15) is 0 Å². The van der Waals surface area contributed by atoms with Crippen molar-refractivity contribution < 1.29 is 0 Å². The summed E-state index contributed by atoms with van der Waals surface area (Å²) in [4.78, 5) is 0. The van der Waals surface area contributed by atoms with Crippen LogP contribution in [-0.4, -0.2) is 26.8 Å². The van der Waals surface area contributed by atoms with Crippen molar-refractivity contribution in [2.75, 3.05) is 5.75 Å². The quantitative estimate of drug-likeness (QED) is 0.571. The number of hydrazine groups is 1. The molecule has 0 saturated heterocycles. The molecule has 4 nitrogen and oxygen atoms in total. The van der Waals surface area contributed by atoms with Gasteiger partial charge in [0.25, 0.3) is 0 Å². The van der Waals surface area contributed by atoms with Gasteiger partial charge in [0, 0.05) is 35.7 Å². The van der Waals surface area contributed by atoms with Crippen LogP contribution in [0.3, 0.4) is 0 Å². The van der Waals surface area contributed by atoms with Crippen LogP contribution in [-0.2, 0) is 6.42 Å². The third-order valence-electron chi connectivity index (χ3n) is 4.48. The summed E-state index contributed by atoms with van der Waals surface area (Å²) < 4.78 is 2.07. The molecule has 1 saturated carbocycles. The first-order chi connectivity index (χ1) is 10.2. The van der Waals surface area contributed by atoms with Crippen molar-refractivity contribution in [3.05, 3.63) is 18.0 Å². The Morgan fingerprint density at radius 1 is 1.43 bits per heavy atom. The van der Waals surface area contributed by atoms with Gasteiger partial charge >= 0.3 is 0 Å². The molecule has 2 rings (SSSR count). The number of thioether (sulfide) groups is 1. The summed E-state index contributed by atoms with van der Waals surface area (Å²) in [7, 11) is 0. The molecule has 2 unspecified atom stereocenters. The molecule has 1 fully saturated rings. The van der Waals surface area contributed by atoms with Crippen molar-refractivity contribution in [1.82, 2.24) is 15.2 Å². The van der Waals surface area contributed by atoms with Crippen LogP contribution in [0, 0.1) is 0 Å². The molecule has 2 atom stereocenters. The van der Waals surface area contributed by atoms with Crippen LogP contribution in [0.4, 0.5) is 0 Å². The van der Waals surface area contributed by atoms with Gasteiger partial charge in [0.2, 0.25) is 0 Å². The number of hydrogen-bond donors (Lipinski definition) is 2. The minimum Gasteiger partial charge on any atom is -0.271 e. The van der Waals surface area contributed by atoms with Gasteiger partial charge in [-0.2, -0.15) is 16.9 Å². The number of nitrogens with zero attached hydrogens (tertiary/aromatic N) is 2. The van der Waals surface area contributed by atoms with E-state index in [0.717, 1.165) is 29.5 Å². The second-order valence-electron chi connectivity index (χ2n) is 6.21. The van der Waals surface area contributed by atoms with Crippen molar-refractivity contribution in [3.8, 4) is 0 Å². The number of rotatable bonds is 8. The maximum absolute atomic E-state index is 5.73. The molecule has 120 valence electrons. The van der Waals surface area contributed by atoms with Crippen LogP contribution in [0.1, 0.15) is 64.1 Å². The van der Waals surface area contributed by atoms with Gasteiger partial charge in [-0.15, -0.1) is 0 Å². The number of aromatic nitrogens is 2. The van der Waals surface area contributed by atoms with Gasteiger partial charge in [-0.25, -0.2) is 0 Å². The minimum absolute atomic E-state index is 0.317. The van der Waals surface area contributed by atoms with E-state index in [4.69, 9.17) is 5.84 Å². The average Bonchev–Trinajstić information content (AvgIpc) is 3.00. The molecule has 3 N–H and O–H groups in total. The van der Waals surface area contributed by atoms with Crippen molar-refractivity contribution in [2.24, 2.45) is 5.84 Å². The fourth-order valence-corrected chi connectivity index (χ4v) is 4.21. The molecule has 1 aliphatic rings. The lowest BCUT2D eigenvalue weighted by Gasteiger charge is -2.23. The van der Waals surface area contributed by atoms with Crippen LogP contribution >= 0.6 is 11.8 Å². The topological polar surface area (TPSA) is 55.9 Å². The zero-order chi connectivity index (χ0) is 15.1. The lowest BCUT2D eigenvalue weighted by atomic mass is 10.0. The van der Waals surface area contributed by atoms with Crippen LogP contribution < -0.4 is 11.3 Å². The lowest BCUT2D eigenvalue weighted by Crippen LogP contribution is -2.39. The molecule has 21 heavy (non-hydrogen) atoms. The van der Waals surface area contributed by atoms with E-state index in [2.05, 4.69) is 53.1 Å². The molecular formula is C16H30N4S. The van der Waals surface area contributed by atoms with Gasteiger partial charge in [0.05, 0.1) is 5.69 Å². The molecule has 1 aromatic heterocycles. The van der Waals surface area contributed by atoms with Gasteiger partial charge in [0.1, 0.15) is 0 Å². The van der Waals surface area contributed by atoms with Crippen LogP contribution in [0.25, 0.3) is 0 Å². The molecular weight excluding hydrogens is 280 g/mol. The van der Waals surface area contributed by atoms with Gasteiger partial charge < -0.3 is 0 Å². The standard InChI is InChI=1S/C16H30N4S/c1-3-13(2)20-10-9-14(19-20)11-15(18-17)12-21-16-7-5-4-6-8-16/h9-10,13,15-16,18H,3-8,11-12,17H2,1-2H3. The highest BCUT2D eigenvalue weighted by atomic mass is 32.2. The Labute approximate surface area is 133 Å². The third kappa shape index (κ3) is 5.31. The Hall–Kier alpha value is -0.520. The average molecular weight is 311 g/mol. The highest BCUT2D eigenvalue weighted by Gasteiger charge is 2.17. The normalized spacial score (nSPS) is 19.6. The molecule has 0 aliphatic heterocycles. The molecule has 1 aromatic rings. The van der Waals surface area contributed by atoms with E-state index < -0.39 is 0 Å². The van der Waals surface area contributed by atoms with Crippen LogP contribution in [0.5, 0.6) is 0 Å². The first-order valence-corrected chi connectivity index (χ1v) is 9.39. The van der Waals surface area contributed by atoms with Crippen LogP contribution in [0.15, 0.2) is 12.3 Å². The second-order valence-corrected chi connectivity index (χ2v) is 7.54. The van der Waals surface area contributed by atoms with Crippen molar-refractivity contribution in [1.29, 1.82) is 0 Å². The first-order valence-electron chi connectivity index (χ1n) is 8.34. The molecule has 1 heterocycles. The maximum atomic E-state index is 5.73. The Bertz CT molecular complexity index is 401. The van der Waals surface area contributed by atoms with E-state index >= 15 is 0 Å². The zero-order valence-electron chi connectivity index (χ0n) is 13.4. The Morgan fingerprint density at radius 3 is 2.86 bits per heavy atom. The Balaban J connectivity index is 1.79. The number of nitrogens with two attached hydrogens (primary N) is 1. The molecule has 0 aromatic carbocycles. The fraction of sp³-hybridized carbons (Fsp3) is 0.812.